The Balaban J connectivity index is 3.16. The van der Waals surface area contributed by atoms with Gasteiger partial charge in [-0.15, -0.1) is 11.8 Å². The van der Waals surface area contributed by atoms with Gasteiger partial charge in [-0.25, -0.2) is 0 Å². The van der Waals surface area contributed by atoms with Crippen LogP contribution in [0, 0.1) is 0 Å². The molecule has 2 heteroatoms. The van der Waals surface area contributed by atoms with Crippen LogP contribution >= 0.6 is 11.8 Å². The molecule has 0 N–H and O–H groups in total. The zero-order valence-electron chi connectivity index (χ0n) is 13.5. The molecule has 0 unspecified atom stereocenters. The van der Waals surface area contributed by atoms with Crippen molar-refractivity contribution in [1.29, 1.82) is 0 Å². The van der Waals surface area contributed by atoms with E-state index >= 15 is 0 Å². The molecule has 0 aliphatic rings. The fourth-order valence-corrected chi connectivity index (χ4v) is 3.15. The van der Waals surface area contributed by atoms with Crippen molar-refractivity contribution in [1.82, 2.24) is 0 Å². The lowest BCUT2D eigenvalue weighted by Crippen LogP contribution is -2.19. The van der Waals surface area contributed by atoms with Gasteiger partial charge in [0, 0.05) is 9.64 Å². The van der Waals surface area contributed by atoms with Crippen molar-refractivity contribution in [2.75, 3.05) is 7.11 Å². The van der Waals surface area contributed by atoms with E-state index in [-0.39, 0.29) is 10.2 Å². The molecular weight excluding hydrogens is 252 g/mol. The highest BCUT2D eigenvalue weighted by molar-refractivity contribution is 8.00. The summed E-state index contributed by atoms with van der Waals surface area (Å²) in [5.74, 6) is 1.01. The minimum atomic E-state index is 0.202. The summed E-state index contributed by atoms with van der Waals surface area (Å²) in [6.07, 6.45) is 2.30. The number of hydrogen-bond acceptors (Lipinski definition) is 2. The van der Waals surface area contributed by atoms with E-state index in [1.165, 1.54) is 10.5 Å². The van der Waals surface area contributed by atoms with E-state index in [4.69, 9.17) is 4.74 Å². The second-order valence-electron chi connectivity index (χ2n) is 6.35. The van der Waals surface area contributed by atoms with Gasteiger partial charge in [0.2, 0.25) is 0 Å². The molecule has 0 spiro atoms. The number of methoxy groups -OCH3 is 1. The Kier molecular flexibility index (Phi) is 5.37. The lowest BCUT2D eigenvalue weighted by molar-refractivity contribution is 0.396. The third-order valence-electron chi connectivity index (χ3n) is 3.84. The Morgan fingerprint density at radius 3 is 2.05 bits per heavy atom. The molecule has 0 radical (unpaired) electrons. The molecule has 0 fully saturated rings. The first-order chi connectivity index (χ1) is 8.75. The maximum atomic E-state index is 5.60. The standard InChI is InChI=1S/C17H28OS/c1-8-17(6,9-2)13-10-11-15(14(12-13)18-7)19-16(3,4)5/h10-12H,8-9H2,1-7H3. The Morgan fingerprint density at radius 2 is 1.63 bits per heavy atom. The van der Waals surface area contributed by atoms with Crippen LogP contribution in [0.15, 0.2) is 23.1 Å². The van der Waals surface area contributed by atoms with Gasteiger partial charge in [0.25, 0.3) is 0 Å². The summed E-state index contributed by atoms with van der Waals surface area (Å²) in [4.78, 5) is 1.23. The number of benzene rings is 1. The second-order valence-corrected chi connectivity index (χ2v) is 8.22. The molecule has 0 bridgehead atoms. The topological polar surface area (TPSA) is 9.23 Å². The summed E-state index contributed by atoms with van der Waals surface area (Å²) < 4.78 is 5.80. The van der Waals surface area contributed by atoms with Crippen molar-refractivity contribution in [3.05, 3.63) is 23.8 Å². The van der Waals surface area contributed by atoms with Crippen LogP contribution in [0.25, 0.3) is 0 Å². The molecule has 1 rings (SSSR count). The van der Waals surface area contributed by atoms with Crippen LogP contribution in [0.4, 0.5) is 0 Å². The first-order valence-electron chi connectivity index (χ1n) is 7.13. The van der Waals surface area contributed by atoms with Crippen LogP contribution in [-0.2, 0) is 5.41 Å². The first kappa shape index (κ1) is 16.4. The molecule has 19 heavy (non-hydrogen) atoms. The fraction of sp³-hybridized carbons (Fsp3) is 0.647. The van der Waals surface area contributed by atoms with Crippen LogP contribution in [0.1, 0.15) is 59.9 Å². The quantitative estimate of drug-likeness (QED) is 0.643. The molecule has 0 aliphatic heterocycles. The Bertz CT molecular complexity index is 414. The highest BCUT2D eigenvalue weighted by Crippen LogP contribution is 2.41. The number of ether oxygens (including phenoxy) is 1. The highest BCUT2D eigenvalue weighted by Gasteiger charge is 2.24. The van der Waals surface area contributed by atoms with Gasteiger partial charge < -0.3 is 4.74 Å². The SMILES string of the molecule is CCC(C)(CC)c1ccc(SC(C)(C)C)c(OC)c1. The van der Waals surface area contributed by atoms with E-state index in [2.05, 4.69) is 59.7 Å². The smallest absolute Gasteiger partial charge is 0.132 e. The lowest BCUT2D eigenvalue weighted by Gasteiger charge is -2.28. The van der Waals surface area contributed by atoms with Crippen molar-refractivity contribution in [3.8, 4) is 5.75 Å². The van der Waals surface area contributed by atoms with Gasteiger partial charge >= 0.3 is 0 Å². The van der Waals surface area contributed by atoms with Gasteiger partial charge in [0.05, 0.1) is 7.11 Å². The lowest BCUT2D eigenvalue weighted by atomic mass is 9.78. The van der Waals surface area contributed by atoms with Gasteiger partial charge in [-0.3, -0.25) is 0 Å². The predicted octanol–water partition coefficient (Wildman–Crippen LogP) is 5.66. The molecule has 1 aromatic rings. The molecule has 0 saturated carbocycles. The summed E-state index contributed by atoms with van der Waals surface area (Å²) in [6, 6.07) is 6.71. The summed E-state index contributed by atoms with van der Waals surface area (Å²) >= 11 is 1.86. The van der Waals surface area contributed by atoms with Crippen molar-refractivity contribution < 1.29 is 4.74 Å². The van der Waals surface area contributed by atoms with Crippen LogP contribution < -0.4 is 4.74 Å². The van der Waals surface area contributed by atoms with Crippen molar-refractivity contribution in [2.24, 2.45) is 0 Å². The number of rotatable bonds is 5. The first-order valence-corrected chi connectivity index (χ1v) is 7.95. The molecule has 0 amide bonds. The summed E-state index contributed by atoms with van der Waals surface area (Å²) in [6.45, 7) is 13.5. The monoisotopic (exact) mass is 280 g/mol. The molecule has 0 heterocycles. The predicted molar refractivity (Wildman–Crippen MR) is 86.5 cm³/mol. The molecule has 0 aliphatic carbocycles. The van der Waals surface area contributed by atoms with Gasteiger partial charge in [0.1, 0.15) is 5.75 Å². The van der Waals surface area contributed by atoms with E-state index in [1.54, 1.807) is 7.11 Å². The molecule has 0 aromatic heterocycles. The van der Waals surface area contributed by atoms with E-state index in [9.17, 15) is 0 Å². The molecule has 0 atom stereocenters. The van der Waals surface area contributed by atoms with Crippen molar-refractivity contribution >= 4 is 11.8 Å². The second kappa shape index (κ2) is 6.21. The Hall–Kier alpha value is -0.630. The van der Waals surface area contributed by atoms with E-state index in [0.717, 1.165) is 18.6 Å². The van der Waals surface area contributed by atoms with Gasteiger partial charge in [-0.2, -0.15) is 0 Å². The van der Waals surface area contributed by atoms with Gasteiger partial charge in [0.15, 0.2) is 0 Å². The normalized spacial score (nSPS) is 12.6. The fourth-order valence-electron chi connectivity index (χ4n) is 2.12. The van der Waals surface area contributed by atoms with Gasteiger partial charge in [-0.1, -0.05) is 47.6 Å². The molecule has 1 aromatic carbocycles. The average Bonchev–Trinajstić information content (AvgIpc) is 2.36. The summed E-state index contributed by atoms with van der Waals surface area (Å²) in [5.41, 5.74) is 1.63. The summed E-state index contributed by atoms with van der Waals surface area (Å²) in [7, 11) is 1.76. The zero-order valence-corrected chi connectivity index (χ0v) is 14.3. The highest BCUT2D eigenvalue weighted by atomic mass is 32.2. The summed E-state index contributed by atoms with van der Waals surface area (Å²) in [5, 5.41) is 0. The Morgan fingerprint density at radius 1 is 1.05 bits per heavy atom. The molecular formula is C17H28OS. The third kappa shape index (κ3) is 4.17. The van der Waals surface area contributed by atoms with Crippen molar-refractivity contribution in [2.45, 2.75) is 69.4 Å². The van der Waals surface area contributed by atoms with E-state index in [0.29, 0.717) is 0 Å². The van der Waals surface area contributed by atoms with E-state index in [1.807, 2.05) is 11.8 Å². The minimum Gasteiger partial charge on any atom is -0.496 e. The zero-order chi connectivity index (χ0) is 14.7. The van der Waals surface area contributed by atoms with Crippen LogP contribution in [0.3, 0.4) is 0 Å². The molecule has 0 saturated heterocycles. The average molecular weight is 280 g/mol. The molecule has 108 valence electrons. The van der Waals surface area contributed by atoms with Gasteiger partial charge in [-0.05, 0) is 36.0 Å². The third-order valence-corrected chi connectivity index (χ3v) is 5.01. The largest absolute Gasteiger partial charge is 0.496 e. The Labute approximate surface area is 123 Å². The van der Waals surface area contributed by atoms with E-state index < -0.39 is 0 Å². The molecule has 1 nitrogen and oxygen atoms in total. The maximum Gasteiger partial charge on any atom is 0.132 e. The minimum absolute atomic E-state index is 0.202. The van der Waals surface area contributed by atoms with Crippen molar-refractivity contribution in [3.63, 3.8) is 0 Å². The maximum absolute atomic E-state index is 5.60. The van der Waals surface area contributed by atoms with Crippen LogP contribution in [0.2, 0.25) is 0 Å². The number of thioether (sulfide) groups is 1. The number of hydrogen-bond donors (Lipinski definition) is 0. The van der Waals surface area contributed by atoms with Crippen LogP contribution in [-0.4, -0.2) is 11.9 Å². The van der Waals surface area contributed by atoms with Crippen LogP contribution in [0.5, 0.6) is 5.75 Å².